The van der Waals surface area contributed by atoms with Crippen LogP contribution in [0.15, 0.2) is 54.6 Å². The average molecular weight is 478 g/mol. The van der Waals surface area contributed by atoms with Gasteiger partial charge in [0, 0.05) is 15.6 Å². The van der Waals surface area contributed by atoms with Gasteiger partial charge in [-0.15, -0.1) is 0 Å². The van der Waals surface area contributed by atoms with Crippen LogP contribution in [0.1, 0.15) is 29.4 Å². The van der Waals surface area contributed by atoms with Gasteiger partial charge in [0.1, 0.15) is 18.5 Å². The molecule has 0 radical (unpaired) electrons. The molecule has 7 heteroatoms. The van der Waals surface area contributed by atoms with Crippen LogP contribution in [0.3, 0.4) is 0 Å². The van der Waals surface area contributed by atoms with Crippen molar-refractivity contribution in [2.75, 3.05) is 6.61 Å². The zero-order valence-corrected chi connectivity index (χ0v) is 19.7. The van der Waals surface area contributed by atoms with E-state index in [-0.39, 0.29) is 6.61 Å². The summed E-state index contributed by atoms with van der Waals surface area (Å²) in [5, 5.41) is 10.9. The number of aryl methyl sites for hydroxylation is 1. The van der Waals surface area contributed by atoms with Crippen LogP contribution in [0.4, 0.5) is 0 Å². The Bertz CT molecular complexity index is 1390. The van der Waals surface area contributed by atoms with Crippen molar-refractivity contribution in [1.29, 1.82) is 5.26 Å². The van der Waals surface area contributed by atoms with Crippen molar-refractivity contribution in [3.63, 3.8) is 0 Å². The smallest absolute Gasteiger partial charge is 0.161 e. The molecule has 33 heavy (non-hydrogen) atoms. The fraction of sp³-hybridized carbons (Fsp3) is 0.154. The van der Waals surface area contributed by atoms with E-state index >= 15 is 0 Å². The SMILES string of the molecule is CCOc1cc(/C=C(\C#N)c2nc3ccc(C)cc3[nH]2)ccc1OCc1ccc(Cl)cc1Cl. The summed E-state index contributed by atoms with van der Waals surface area (Å²) in [4.78, 5) is 7.78. The van der Waals surface area contributed by atoms with E-state index in [4.69, 9.17) is 32.7 Å². The van der Waals surface area contributed by atoms with Crippen LogP contribution >= 0.6 is 23.2 Å². The minimum Gasteiger partial charge on any atom is -0.490 e. The molecule has 5 nitrogen and oxygen atoms in total. The molecule has 0 fully saturated rings. The van der Waals surface area contributed by atoms with E-state index in [1.54, 1.807) is 18.2 Å². The fourth-order valence-electron chi connectivity index (χ4n) is 3.37. The number of rotatable bonds is 7. The number of ether oxygens (including phenoxy) is 2. The summed E-state index contributed by atoms with van der Waals surface area (Å²) in [7, 11) is 0. The van der Waals surface area contributed by atoms with Crippen LogP contribution in [0, 0.1) is 18.3 Å². The van der Waals surface area contributed by atoms with Crippen molar-refractivity contribution in [3.8, 4) is 17.6 Å². The van der Waals surface area contributed by atoms with E-state index in [0.717, 1.165) is 27.7 Å². The highest BCUT2D eigenvalue weighted by atomic mass is 35.5. The van der Waals surface area contributed by atoms with Gasteiger partial charge in [-0.1, -0.05) is 41.4 Å². The van der Waals surface area contributed by atoms with E-state index in [9.17, 15) is 5.26 Å². The van der Waals surface area contributed by atoms with E-state index in [0.29, 0.717) is 39.5 Å². The number of hydrogen-bond donors (Lipinski definition) is 1. The molecular formula is C26H21Cl2N3O2. The molecule has 4 rings (SSSR count). The van der Waals surface area contributed by atoms with Crippen LogP contribution in [0.25, 0.3) is 22.7 Å². The van der Waals surface area contributed by atoms with Gasteiger partial charge in [0.05, 0.1) is 23.2 Å². The van der Waals surface area contributed by atoms with Crippen molar-refractivity contribution in [2.24, 2.45) is 0 Å². The van der Waals surface area contributed by atoms with Crippen molar-refractivity contribution >= 4 is 45.9 Å². The van der Waals surface area contributed by atoms with E-state index < -0.39 is 0 Å². The Labute approximate surface area is 202 Å². The lowest BCUT2D eigenvalue weighted by atomic mass is 10.1. The second-order valence-electron chi connectivity index (χ2n) is 7.44. The number of fused-ring (bicyclic) bond motifs is 1. The van der Waals surface area contributed by atoms with Crippen molar-refractivity contribution in [1.82, 2.24) is 9.97 Å². The van der Waals surface area contributed by atoms with Crippen LogP contribution in [-0.2, 0) is 6.61 Å². The first kappa shape index (κ1) is 22.7. The maximum absolute atomic E-state index is 9.75. The lowest BCUT2D eigenvalue weighted by Gasteiger charge is -2.13. The zero-order chi connectivity index (χ0) is 23.4. The molecule has 0 bridgehead atoms. The predicted octanol–water partition coefficient (Wildman–Crippen LogP) is 7.22. The highest BCUT2D eigenvalue weighted by molar-refractivity contribution is 6.35. The zero-order valence-electron chi connectivity index (χ0n) is 18.2. The number of allylic oxidation sites excluding steroid dienone is 1. The first-order chi connectivity index (χ1) is 16.0. The number of benzene rings is 3. The average Bonchev–Trinajstić information content (AvgIpc) is 3.21. The van der Waals surface area contributed by atoms with Crippen LogP contribution in [0.2, 0.25) is 10.0 Å². The Morgan fingerprint density at radius 2 is 1.91 bits per heavy atom. The molecular weight excluding hydrogens is 457 g/mol. The number of nitrogens with one attached hydrogen (secondary N) is 1. The summed E-state index contributed by atoms with van der Waals surface area (Å²) in [5.74, 6) is 1.68. The lowest BCUT2D eigenvalue weighted by molar-refractivity contribution is 0.269. The van der Waals surface area contributed by atoms with E-state index in [1.807, 2.05) is 56.3 Å². The summed E-state index contributed by atoms with van der Waals surface area (Å²) >= 11 is 12.2. The normalized spacial score (nSPS) is 11.4. The summed E-state index contributed by atoms with van der Waals surface area (Å²) in [6.07, 6.45) is 1.77. The molecule has 0 aliphatic heterocycles. The number of aromatic nitrogens is 2. The molecule has 0 unspecified atom stereocenters. The number of aromatic amines is 1. The fourth-order valence-corrected chi connectivity index (χ4v) is 3.83. The highest BCUT2D eigenvalue weighted by Crippen LogP contribution is 2.32. The van der Waals surface area contributed by atoms with Crippen molar-refractivity contribution < 1.29 is 9.47 Å². The molecule has 0 saturated carbocycles. The second-order valence-corrected chi connectivity index (χ2v) is 8.28. The van der Waals surface area contributed by atoms with Crippen LogP contribution < -0.4 is 9.47 Å². The Morgan fingerprint density at radius 1 is 1.06 bits per heavy atom. The third-order valence-electron chi connectivity index (χ3n) is 4.99. The Morgan fingerprint density at radius 3 is 2.67 bits per heavy atom. The first-order valence-corrected chi connectivity index (χ1v) is 11.1. The van der Waals surface area contributed by atoms with Gasteiger partial charge in [-0.25, -0.2) is 4.98 Å². The maximum atomic E-state index is 9.75. The number of nitriles is 1. The Hall–Kier alpha value is -3.46. The van der Waals surface area contributed by atoms with Gasteiger partial charge >= 0.3 is 0 Å². The van der Waals surface area contributed by atoms with E-state index in [1.165, 1.54) is 0 Å². The number of halogens is 2. The first-order valence-electron chi connectivity index (χ1n) is 10.4. The van der Waals surface area contributed by atoms with Gasteiger partial charge in [-0.3, -0.25) is 0 Å². The van der Waals surface area contributed by atoms with E-state index in [2.05, 4.69) is 16.0 Å². The highest BCUT2D eigenvalue weighted by Gasteiger charge is 2.11. The minimum atomic E-state index is 0.271. The molecule has 166 valence electrons. The molecule has 1 N–H and O–H groups in total. The molecule has 0 spiro atoms. The summed E-state index contributed by atoms with van der Waals surface area (Å²) in [5.41, 5.74) is 4.87. The van der Waals surface area contributed by atoms with Gasteiger partial charge in [0.2, 0.25) is 0 Å². The molecule has 0 saturated heterocycles. The Balaban J connectivity index is 1.61. The molecule has 0 aliphatic rings. The molecule has 0 amide bonds. The van der Waals surface area contributed by atoms with Gasteiger partial charge in [-0.05, 0) is 67.4 Å². The molecule has 1 heterocycles. The van der Waals surface area contributed by atoms with Crippen LogP contribution in [-0.4, -0.2) is 16.6 Å². The molecule has 4 aromatic rings. The van der Waals surface area contributed by atoms with Crippen LogP contribution in [0.5, 0.6) is 11.5 Å². The molecule has 1 aromatic heterocycles. The van der Waals surface area contributed by atoms with Crippen molar-refractivity contribution in [2.45, 2.75) is 20.5 Å². The van der Waals surface area contributed by atoms with Gasteiger partial charge < -0.3 is 14.5 Å². The Kier molecular flexibility index (Phi) is 6.88. The quantitative estimate of drug-likeness (QED) is 0.285. The summed E-state index contributed by atoms with van der Waals surface area (Å²) in [6.45, 7) is 4.66. The number of hydrogen-bond acceptors (Lipinski definition) is 4. The topological polar surface area (TPSA) is 70.9 Å². The van der Waals surface area contributed by atoms with Crippen molar-refractivity contribution in [3.05, 3.63) is 87.2 Å². The monoisotopic (exact) mass is 477 g/mol. The minimum absolute atomic E-state index is 0.271. The second kappa shape index (κ2) is 9.99. The number of nitrogens with zero attached hydrogens (tertiary/aromatic N) is 2. The molecule has 0 atom stereocenters. The van der Waals surface area contributed by atoms with Gasteiger partial charge in [0.15, 0.2) is 11.5 Å². The molecule has 0 aliphatic carbocycles. The number of H-pyrrole nitrogens is 1. The third kappa shape index (κ3) is 5.31. The summed E-state index contributed by atoms with van der Waals surface area (Å²) < 4.78 is 11.7. The lowest BCUT2D eigenvalue weighted by Crippen LogP contribution is -2.00. The van der Waals surface area contributed by atoms with Gasteiger partial charge in [0.25, 0.3) is 0 Å². The largest absolute Gasteiger partial charge is 0.490 e. The predicted molar refractivity (Wildman–Crippen MR) is 133 cm³/mol. The number of imidazole rings is 1. The molecule has 3 aromatic carbocycles. The summed E-state index contributed by atoms with van der Waals surface area (Å²) in [6, 6.07) is 19.0. The van der Waals surface area contributed by atoms with Gasteiger partial charge in [-0.2, -0.15) is 5.26 Å². The maximum Gasteiger partial charge on any atom is 0.161 e. The third-order valence-corrected chi connectivity index (χ3v) is 5.58. The standard InChI is InChI=1S/C26H21Cl2N3O2/c1-3-32-25-12-17(5-9-24(25)33-15-18-6-7-20(27)13-21(18)28)11-19(14-29)26-30-22-8-4-16(2)10-23(22)31-26/h4-13H,3,15H2,1-2H3,(H,30,31)/b19-11+.